The molecule has 0 aliphatic carbocycles. The van der Waals surface area contributed by atoms with Gasteiger partial charge >= 0.3 is 18.2 Å². The molecule has 2 heterocycles. The second kappa shape index (κ2) is 9.54. The van der Waals surface area contributed by atoms with E-state index in [2.05, 4.69) is 5.32 Å². The van der Waals surface area contributed by atoms with E-state index < -0.39 is 24.8 Å². The van der Waals surface area contributed by atoms with Crippen LogP contribution in [0.25, 0.3) is 11.1 Å². The van der Waals surface area contributed by atoms with Gasteiger partial charge in [-0.15, -0.1) is 0 Å². The molecule has 5 amide bonds. The first-order valence-corrected chi connectivity index (χ1v) is 11.1. The monoisotopic (exact) mass is 494 g/mol. The van der Waals surface area contributed by atoms with E-state index in [1.54, 1.807) is 30.3 Å². The molecule has 34 heavy (non-hydrogen) atoms. The Labute approximate surface area is 199 Å². The van der Waals surface area contributed by atoms with Crippen LogP contribution in [0.5, 0.6) is 0 Å². The van der Waals surface area contributed by atoms with Crippen molar-refractivity contribution in [2.75, 3.05) is 31.1 Å². The van der Waals surface area contributed by atoms with Crippen molar-refractivity contribution in [3.63, 3.8) is 0 Å². The Bertz CT molecular complexity index is 1110. The maximum atomic E-state index is 12.7. The number of rotatable bonds is 5. The summed E-state index contributed by atoms with van der Waals surface area (Å²) < 4.78 is 38.2. The Kier molecular flexibility index (Phi) is 6.70. The summed E-state index contributed by atoms with van der Waals surface area (Å²) in [7, 11) is 0. The van der Waals surface area contributed by atoms with Crippen molar-refractivity contribution in [3.05, 3.63) is 53.1 Å². The smallest absolute Gasteiger partial charge is 0.320 e. The van der Waals surface area contributed by atoms with Crippen LogP contribution in [-0.2, 0) is 11.3 Å². The molecule has 0 bridgehead atoms. The highest BCUT2D eigenvalue weighted by molar-refractivity contribution is 6.36. The molecule has 2 aromatic carbocycles. The van der Waals surface area contributed by atoms with E-state index in [1.165, 1.54) is 9.80 Å². The van der Waals surface area contributed by atoms with E-state index in [-0.39, 0.29) is 32.0 Å². The first-order chi connectivity index (χ1) is 16.1. The van der Waals surface area contributed by atoms with Crippen molar-refractivity contribution < 1.29 is 27.6 Å². The van der Waals surface area contributed by atoms with Crippen LogP contribution in [0.15, 0.2) is 42.5 Å². The minimum absolute atomic E-state index is 0.0891. The van der Waals surface area contributed by atoms with E-state index in [0.717, 1.165) is 16.0 Å². The van der Waals surface area contributed by atoms with Gasteiger partial charge < -0.3 is 9.80 Å². The molecule has 0 spiro atoms. The van der Waals surface area contributed by atoms with Gasteiger partial charge in [-0.3, -0.25) is 15.0 Å². The molecule has 7 nitrogen and oxygen atoms in total. The predicted octanol–water partition coefficient (Wildman–Crippen LogP) is 4.64. The van der Waals surface area contributed by atoms with E-state index in [0.29, 0.717) is 29.2 Å². The van der Waals surface area contributed by atoms with Crippen molar-refractivity contribution in [1.29, 1.82) is 0 Å². The first-order valence-electron chi connectivity index (χ1n) is 10.7. The van der Waals surface area contributed by atoms with Gasteiger partial charge in [-0.2, -0.15) is 13.2 Å². The van der Waals surface area contributed by atoms with Gasteiger partial charge in [-0.25, -0.2) is 9.59 Å². The summed E-state index contributed by atoms with van der Waals surface area (Å²) in [5, 5.41) is 2.63. The molecule has 2 aliphatic rings. The first kappa shape index (κ1) is 23.9. The van der Waals surface area contributed by atoms with Crippen LogP contribution in [0.2, 0.25) is 5.02 Å². The zero-order valence-electron chi connectivity index (χ0n) is 18.1. The molecule has 0 atom stereocenters. The lowest BCUT2D eigenvalue weighted by molar-refractivity contribution is -0.142. The number of hydrogen-bond donors (Lipinski definition) is 1. The average molecular weight is 495 g/mol. The maximum absolute atomic E-state index is 12.7. The average Bonchev–Trinajstić information content (AvgIpc) is 2.77. The van der Waals surface area contributed by atoms with Crippen LogP contribution in [-0.4, -0.2) is 60.1 Å². The molecule has 0 aromatic heterocycles. The zero-order chi connectivity index (χ0) is 24.5. The number of urea groups is 2. The largest absolute Gasteiger partial charge is 0.406 e. The molecule has 2 saturated heterocycles. The number of carbonyl (C=O) groups excluding carboxylic acids is 3. The number of anilines is 1. The molecule has 11 heteroatoms. The number of alkyl halides is 3. The molecule has 180 valence electrons. The number of imide groups is 1. The molecule has 4 rings (SSSR count). The van der Waals surface area contributed by atoms with Gasteiger partial charge in [0.1, 0.15) is 6.54 Å². The van der Waals surface area contributed by atoms with Crippen molar-refractivity contribution in [3.8, 4) is 11.1 Å². The summed E-state index contributed by atoms with van der Waals surface area (Å²) in [6, 6.07) is 11.3. The molecule has 0 unspecified atom stereocenters. The van der Waals surface area contributed by atoms with E-state index >= 15 is 0 Å². The molecular formula is C23H22ClF3N4O3. The van der Waals surface area contributed by atoms with Gasteiger partial charge in [0.15, 0.2) is 0 Å². The summed E-state index contributed by atoms with van der Waals surface area (Å²) in [6.45, 7) is -0.348. The Morgan fingerprint density at radius 3 is 2.32 bits per heavy atom. The molecule has 2 fully saturated rings. The molecule has 0 radical (unpaired) electrons. The quantitative estimate of drug-likeness (QED) is 0.658. The minimum atomic E-state index is -4.43. The van der Waals surface area contributed by atoms with Gasteiger partial charge in [0.05, 0.1) is 10.7 Å². The lowest BCUT2D eigenvalue weighted by atomic mass is 10.0. The molecule has 1 N–H and O–H groups in total. The van der Waals surface area contributed by atoms with Crippen LogP contribution in [0.4, 0.5) is 28.4 Å². The number of carbonyl (C=O) groups is 3. The van der Waals surface area contributed by atoms with Crippen molar-refractivity contribution in [2.45, 2.75) is 25.6 Å². The highest BCUT2D eigenvalue weighted by atomic mass is 35.5. The fourth-order valence-electron chi connectivity index (χ4n) is 4.11. The third-order valence-corrected chi connectivity index (χ3v) is 6.13. The minimum Gasteiger partial charge on any atom is -0.320 e. The summed E-state index contributed by atoms with van der Waals surface area (Å²) in [5.41, 5.74) is 2.71. The Balaban J connectivity index is 1.48. The van der Waals surface area contributed by atoms with E-state index in [4.69, 9.17) is 11.6 Å². The number of halogens is 4. The van der Waals surface area contributed by atoms with E-state index in [1.807, 2.05) is 12.1 Å². The highest BCUT2D eigenvalue weighted by Gasteiger charge is 2.36. The molecule has 2 aliphatic heterocycles. The number of hydrogen-bond acceptors (Lipinski definition) is 3. The van der Waals surface area contributed by atoms with Crippen molar-refractivity contribution in [1.82, 2.24) is 15.1 Å². The Hall–Kier alpha value is -3.27. The summed E-state index contributed by atoms with van der Waals surface area (Å²) >= 11 is 6.60. The fraction of sp³-hybridized carbons (Fsp3) is 0.348. The number of benzene rings is 2. The predicted molar refractivity (Wildman–Crippen MR) is 120 cm³/mol. The van der Waals surface area contributed by atoms with Crippen molar-refractivity contribution in [2.24, 2.45) is 0 Å². The molecule has 0 saturated carbocycles. The Morgan fingerprint density at radius 2 is 1.65 bits per heavy atom. The summed E-state index contributed by atoms with van der Waals surface area (Å²) in [6.07, 6.45) is -3.78. The lowest BCUT2D eigenvalue weighted by Crippen LogP contribution is -2.51. The molecule has 2 aromatic rings. The van der Waals surface area contributed by atoms with Gasteiger partial charge in [0, 0.05) is 38.2 Å². The van der Waals surface area contributed by atoms with Gasteiger partial charge in [0.25, 0.3) is 0 Å². The highest BCUT2D eigenvalue weighted by Crippen LogP contribution is 2.36. The van der Waals surface area contributed by atoms with Crippen LogP contribution in [0.1, 0.15) is 18.4 Å². The summed E-state index contributed by atoms with van der Waals surface area (Å²) in [4.78, 5) is 39.7. The van der Waals surface area contributed by atoms with Gasteiger partial charge in [0.2, 0.25) is 5.91 Å². The molecular weight excluding hydrogens is 473 g/mol. The maximum Gasteiger partial charge on any atom is 0.406 e. The fourth-order valence-corrected chi connectivity index (χ4v) is 4.45. The number of nitrogens with zero attached hydrogens (tertiary/aromatic N) is 3. The van der Waals surface area contributed by atoms with Crippen molar-refractivity contribution >= 4 is 35.3 Å². The standard InChI is InChI=1S/C23H22ClF3N4O3/c24-20-17(3-1-4-18(20)31-12-9-19(32)28-21(31)33)16-7-5-15(6-8-16)13-29-10-2-11-30(22(29)34)14-23(25,26)27/h1,3-8H,2,9-14H2,(H,28,32,33). The van der Waals surface area contributed by atoms with Crippen LogP contribution in [0, 0.1) is 0 Å². The topological polar surface area (TPSA) is 73.0 Å². The van der Waals surface area contributed by atoms with Crippen LogP contribution >= 0.6 is 11.6 Å². The lowest BCUT2D eigenvalue weighted by Gasteiger charge is -2.36. The third kappa shape index (κ3) is 5.27. The number of amides is 5. The zero-order valence-corrected chi connectivity index (χ0v) is 18.8. The van der Waals surface area contributed by atoms with Crippen LogP contribution < -0.4 is 10.2 Å². The SMILES string of the molecule is O=C1CCN(c2cccc(-c3ccc(CN4CCCN(CC(F)(F)F)C4=O)cc3)c2Cl)C(=O)N1. The third-order valence-electron chi connectivity index (χ3n) is 5.73. The normalized spacial score (nSPS) is 17.3. The Morgan fingerprint density at radius 1 is 0.941 bits per heavy atom. The second-order valence-electron chi connectivity index (χ2n) is 8.18. The summed E-state index contributed by atoms with van der Waals surface area (Å²) in [5.74, 6) is -0.335. The van der Waals surface area contributed by atoms with Gasteiger partial charge in [-0.05, 0) is 23.6 Å². The second-order valence-corrected chi connectivity index (χ2v) is 8.56. The van der Waals surface area contributed by atoms with Gasteiger partial charge in [-0.1, -0.05) is 48.0 Å². The van der Waals surface area contributed by atoms with Crippen LogP contribution in [0.3, 0.4) is 0 Å². The van der Waals surface area contributed by atoms with E-state index in [9.17, 15) is 27.6 Å². The number of nitrogens with one attached hydrogen (secondary N) is 1.